The molecular weight excluding hydrogens is 309 g/mol. The summed E-state index contributed by atoms with van der Waals surface area (Å²) in [5.74, 6) is 1.56. The standard InChI is InChI=1S/C15H31N3O.2ClH/c1-12(2)14(11-17-15(19)5-4-8-16)18-9-6-13(3)7-10-18;;/h12-14H,4-11,16H2,1-3H3,(H,17,19);2*1H. The van der Waals surface area contributed by atoms with Gasteiger partial charge in [-0.15, -0.1) is 24.8 Å². The van der Waals surface area contributed by atoms with Crippen LogP contribution in [-0.4, -0.2) is 43.0 Å². The predicted molar refractivity (Wildman–Crippen MR) is 94.4 cm³/mol. The fourth-order valence-corrected chi connectivity index (χ4v) is 2.72. The van der Waals surface area contributed by atoms with Gasteiger partial charge in [0.2, 0.25) is 5.91 Å². The Morgan fingerprint density at radius 2 is 1.86 bits per heavy atom. The van der Waals surface area contributed by atoms with Crippen molar-refractivity contribution >= 4 is 30.7 Å². The van der Waals surface area contributed by atoms with Crippen molar-refractivity contribution < 1.29 is 4.79 Å². The lowest BCUT2D eigenvalue weighted by Crippen LogP contribution is -2.49. The SMILES string of the molecule is CC1CCN(C(CNC(=O)CCCN)C(C)C)CC1.Cl.Cl. The van der Waals surface area contributed by atoms with Gasteiger partial charge < -0.3 is 11.1 Å². The lowest BCUT2D eigenvalue weighted by atomic mass is 9.94. The summed E-state index contributed by atoms with van der Waals surface area (Å²) < 4.78 is 0. The van der Waals surface area contributed by atoms with Gasteiger partial charge in [-0.3, -0.25) is 9.69 Å². The van der Waals surface area contributed by atoms with E-state index in [1.807, 2.05) is 0 Å². The van der Waals surface area contributed by atoms with Crippen LogP contribution >= 0.6 is 24.8 Å². The van der Waals surface area contributed by atoms with E-state index in [1.165, 1.54) is 25.9 Å². The molecule has 0 bridgehead atoms. The van der Waals surface area contributed by atoms with Crippen molar-refractivity contribution in [1.82, 2.24) is 10.2 Å². The summed E-state index contributed by atoms with van der Waals surface area (Å²) in [7, 11) is 0. The first-order valence-electron chi connectivity index (χ1n) is 7.75. The summed E-state index contributed by atoms with van der Waals surface area (Å²) in [4.78, 5) is 14.2. The van der Waals surface area contributed by atoms with Crippen LogP contribution in [0.2, 0.25) is 0 Å². The normalized spacial score (nSPS) is 17.8. The number of likely N-dealkylation sites (tertiary alicyclic amines) is 1. The number of rotatable bonds is 7. The number of nitrogens with two attached hydrogens (primary N) is 1. The van der Waals surface area contributed by atoms with Gasteiger partial charge in [-0.2, -0.15) is 0 Å². The molecule has 0 spiro atoms. The van der Waals surface area contributed by atoms with Crippen LogP contribution in [0.1, 0.15) is 46.5 Å². The lowest BCUT2D eigenvalue weighted by molar-refractivity contribution is -0.121. The minimum absolute atomic E-state index is 0. The fourth-order valence-electron chi connectivity index (χ4n) is 2.72. The van der Waals surface area contributed by atoms with Crippen LogP contribution in [0, 0.1) is 11.8 Å². The maximum atomic E-state index is 11.7. The minimum Gasteiger partial charge on any atom is -0.355 e. The van der Waals surface area contributed by atoms with Crippen molar-refractivity contribution in [1.29, 1.82) is 0 Å². The molecule has 1 saturated heterocycles. The average molecular weight is 342 g/mol. The largest absolute Gasteiger partial charge is 0.355 e. The maximum Gasteiger partial charge on any atom is 0.220 e. The van der Waals surface area contributed by atoms with Gasteiger partial charge >= 0.3 is 0 Å². The van der Waals surface area contributed by atoms with E-state index in [4.69, 9.17) is 5.73 Å². The van der Waals surface area contributed by atoms with Crippen LogP contribution in [0.3, 0.4) is 0 Å². The second-order valence-corrected chi connectivity index (χ2v) is 6.23. The first-order chi connectivity index (χ1) is 9.04. The molecule has 1 atom stereocenters. The molecular formula is C15H33Cl2N3O. The molecule has 1 amide bonds. The number of nitrogens with zero attached hydrogens (tertiary/aromatic N) is 1. The molecule has 0 aromatic rings. The molecule has 0 aromatic carbocycles. The zero-order chi connectivity index (χ0) is 14.3. The van der Waals surface area contributed by atoms with Crippen molar-refractivity contribution in [2.45, 2.75) is 52.5 Å². The molecule has 0 saturated carbocycles. The van der Waals surface area contributed by atoms with Crippen LogP contribution in [-0.2, 0) is 4.79 Å². The number of hydrogen-bond acceptors (Lipinski definition) is 3. The number of hydrogen-bond donors (Lipinski definition) is 2. The second-order valence-electron chi connectivity index (χ2n) is 6.23. The first kappa shape index (κ1) is 23.2. The van der Waals surface area contributed by atoms with E-state index in [0.717, 1.165) is 18.9 Å². The Balaban J connectivity index is 0. The highest BCUT2D eigenvalue weighted by atomic mass is 35.5. The Labute approximate surface area is 142 Å². The van der Waals surface area contributed by atoms with Crippen molar-refractivity contribution in [3.8, 4) is 0 Å². The van der Waals surface area contributed by atoms with Crippen molar-refractivity contribution in [2.75, 3.05) is 26.2 Å². The third kappa shape index (κ3) is 8.87. The van der Waals surface area contributed by atoms with Gasteiger partial charge in [0.1, 0.15) is 0 Å². The predicted octanol–water partition coefficient (Wildman–Crippen LogP) is 2.44. The number of nitrogens with one attached hydrogen (secondary N) is 1. The van der Waals surface area contributed by atoms with Gasteiger partial charge in [0.15, 0.2) is 0 Å². The molecule has 1 unspecified atom stereocenters. The monoisotopic (exact) mass is 341 g/mol. The van der Waals surface area contributed by atoms with Gasteiger partial charge in [0.25, 0.3) is 0 Å². The highest BCUT2D eigenvalue weighted by Crippen LogP contribution is 2.21. The summed E-state index contributed by atoms with van der Waals surface area (Å²) in [6.45, 7) is 10.5. The van der Waals surface area contributed by atoms with Crippen molar-refractivity contribution in [2.24, 2.45) is 17.6 Å². The van der Waals surface area contributed by atoms with Gasteiger partial charge in [-0.25, -0.2) is 0 Å². The molecule has 6 heteroatoms. The van der Waals surface area contributed by atoms with E-state index in [0.29, 0.717) is 24.9 Å². The second kappa shape index (κ2) is 12.5. The Morgan fingerprint density at radius 1 is 1.29 bits per heavy atom. The Hall–Kier alpha value is -0.0300. The average Bonchev–Trinajstić information content (AvgIpc) is 2.38. The van der Waals surface area contributed by atoms with E-state index < -0.39 is 0 Å². The van der Waals surface area contributed by atoms with Gasteiger partial charge in [-0.05, 0) is 50.7 Å². The fraction of sp³-hybridized carbons (Fsp3) is 0.933. The van der Waals surface area contributed by atoms with E-state index in [1.54, 1.807) is 0 Å². The number of halogens is 2. The van der Waals surface area contributed by atoms with Crippen LogP contribution < -0.4 is 11.1 Å². The van der Waals surface area contributed by atoms with Crippen LogP contribution in [0.5, 0.6) is 0 Å². The Bertz CT molecular complexity index is 270. The third-order valence-electron chi connectivity index (χ3n) is 4.17. The highest BCUT2D eigenvalue weighted by molar-refractivity contribution is 5.85. The molecule has 1 rings (SSSR count). The van der Waals surface area contributed by atoms with Crippen molar-refractivity contribution in [3.05, 3.63) is 0 Å². The Morgan fingerprint density at radius 3 is 2.33 bits per heavy atom. The van der Waals surface area contributed by atoms with E-state index in [9.17, 15) is 4.79 Å². The van der Waals surface area contributed by atoms with Crippen molar-refractivity contribution in [3.63, 3.8) is 0 Å². The zero-order valence-corrected chi connectivity index (χ0v) is 15.3. The molecule has 0 aliphatic carbocycles. The summed E-state index contributed by atoms with van der Waals surface area (Å²) >= 11 is 0. The van der Waals surface area contributed by atoms with E-state index in [-0.39, 0.29) is 30.7 Å². The zero-order valence-electron chi connectivity index (χ0n) is 13.6. The molecule has 21 heavy (non-hydrogen) atoms. The molecule has 0 radical (unpaired) electrons. The number of piperidine rings is 1. The molecule has 3 N–H and O–H groups in total. The first-order valence-corrected chi connectivity index (χ1v) is 7.75. The van der Waals surface area contributed by atoms with Crippen LogP contribution in [0.25, 0.3) is 0 Å². The minimum atomic E-state index is 0. The third-order valence-corrected chi connectivity index (χ3v) is 4.17. The van der Waals surface area contributed by atoms with E-state index >= 15 is 0 Å². The number of amides is 1. The highest BCUT2D eigenvalue weighted by Gasteiger charge is 2.25. The topological polar surface area (TPSA) is 58.4 Å². The van der Waals surface area contributed by atoms with Gasteiger partial charge in [0, 0.05) is 19.0 Å². The lowest BCUT2D eigenvalue weighted by Gasteiger charge is -2.38. The van der Waals surface area contributed by atoms with Gasteiger partial charge in [0.05, 0.1) is 0 Å². The molecule has 128 valence electrons. The summed E-state index contributed by atoms with van der Waals surface area (Å²) in [5, 5.41) is 3.07. The molecule has 1 aliphatic heterocycles. The molecule has 1 fully saturated rings. The summed E-state index contributed by atoms with van der Waals surface area (Å²) in [6, 6.07) is 0.467. The Kier molecular flexibility index (Phi) is 13.8. The van der Waals surface area contributed by atoms with E-state index in [2.05, 4.69) is 31.0 Å². The molecule has 1 aliphatic rings. The smallest absolute Gasteiger partial charge is 0.220 e. The number of carbonyl (C=O) groups excluding carboxylic acids is 1. The quantitative estimate of drug-likeness (QED) is 0.747. The summed E-state index contributed by atoms with van der Waals surface area (Å²) in [5.41, 5.74) is 5.42. The summed E-state index contributed by atoms with van der Waals surface area (Å²) in [6.07, 6.45) is 3.90. The van der Waals surface area contributed by atoms with Gasteiger partial charge in [-0.1, -0.05) is 20.8 Å². The van der Waals surface area contributed by atoms with Crippen LogP contribution in [0.15, 0.2) is 0 Å². The maximum absolute atomic E-state index is 11.7. The number of carbonyl (C=O) groups is 1. The van der Waals surface area contributed by atoms with Crippen LogP contribution in [0.4, 0.5) is 0 Å². The molecule has 0 aromatic heterocycles. The molecule has 4 nitrogen and oxygen atoms in total. The molecule has 1 heterocycles.